The summed E-state index contributed by atoms with van der Waals surface area (Å²) in [6.45, 7) is 0. The predicted molar refractivity (Wildman–Crippen MR) is 75.5 cm³/mol. The summed E-state index contributed by atoms with van der Waals surface area (Å²) in [6, 6.07) is 9.26. The van der Waals surface area contributed by atoms with Crippen molar-refractivity contribution in [1.29, 1.82) is 0 Å². The van der Waals surface area contributed by atoms with E-state index in [1.807, 2.05) is 28.7 Å². The van der Waals surface area contributed by atoms with Crippen molar-refractivity contribution < 1.29 is 0 Å². The number of nitrogens with two attached hydrogens (primary N) is 1. The van der Waals surface area contributed by atoms with Gasteiger partial charge in [-0.05, 0) is 46.3 Å². The van der Waals surface area contributed by atoms with Crippen LogP contribution in [0.3, 0.4) is 0 Å². The zero-order valence-corrected chi connectivity index (χ0v) is 11.5. The molecule has 0 saturated carbocycles. The van der Waals surface area contributed by atoms with Crippen molar-refractivity contribution in [3.8, 4) is 11.4 Å². The number of nitrogens with zero attached hydrogens (tertiary/aromatic N) is 3. The maximum atomic E-state index is 6.08. The Balaban J connectivity index is 2.24. The zero-order valence-electron chi connectivity index (χ0n) is 9.14. The molecule has 0 fully saturated rings. The molecule has 2 N–H and O–H groups in total. The third-order valence-electron chi connectivity index (χ3n) is 2.60. The standard InChI is InChI=1S/C12H8BrClN4/c13-9-3-1-7(5-10(9)14)12-17-16-11-4-2-8(15)6-18(11)12/h1-6H,15H2. The molecular weight excluding hydrogens is 316 g/mol. The van der Waals surface area contributed by atoms with Crippen LogP contribution in [0.2, 0.25) is 5.02 Å². The van der Waals surface area contributed by atoms with Gasteiger partial charge in [-0.1, -0.05) is 11.6 Å². The first-order valence-electron chi connectivity index (χ1n) is 5.21. The third kappa shape index (κ3) is 1.85. The molecular formula is C12H8BrClN4. The summed E-state index contributed by atoms with van der Waals surface area (Å²) in [7, 11) is 0. The molecule has 90 valence electrons. The van der Waals surface area contributed by atoms with Crippen molar-refractivity contribution in [1.82, 2.24) is 14.6 Å². The smallest absolute Gasteiger partial charge is 0.168 e. The molecule has 0 bridgehead atoms. The van der Waals surface area contributed by atoms with Crippen LogP contribution in [-0.4, -0.2) is 14.6 Å². The largest absolute Gasteiger partial charge is 0.398 e. The second-order valence-electron chi connectivity index (χ2n) is 3.84. The van der Waals surface area contributed by atoms with E-state index in [4.69, 9.17) is 17.3 Å². The second kappa shape index (κ2) is 4.26. The van der Waals surface area contributed by atoms with Crippen LogP contribution < -0.4 is 5.73 Å². The fourth-order valence-corrected chi connectivity index (χ4v) is 2.17. The Hall–Kier alpha value is -1.59. The molecule has 0 amide bonds. The van der Waals surface area contributed by atoms with Gasteiger partial charge in [-0.2, -0.15) is 0 Å². The van der Waals surface area contributed by atoms with Crippen molar-refractivity contribution in [2.24, 2.45) is 0 Å². The van der Waals surface area contributed by atoms with Gasteiger partial charge in [0.15, 0.2) is 11.5 Å². The Bertz CT molecular complexity index is 738. The summed E-state index contributed by atoms with van der Waals surface area (Å²) < 4.78 is 2.69. The molecule has 2 heterocycles. The zero-order chi connectivity index (χ0) is 12.7. The van der Waals surface area contributed by atoms with E-state index in [0.29, 0.717) is 16.5 Å². The highest BCUT2D eigenvalue weighted by molar-refractivity contribution is 9.10. The molecule has 3 aromatic rings. The van der Waals surface area contributed by atoms with Crippen LogP contribution in [0.15, 0.2) is 41.0 Å². The van der Waals surface area contributed by atoms with E-state index in [-0.39, 0.29) is 0 Å². The van der Waals surface area contributed by atoms with Crippen molar-refractivity contribution in [2.45, 2.75) is 0 Å². The number of halogens is 2. The van der Waals surface area contributed by atoms with Gasteiger partial charge in [-0.15, -0.1) is 10.2 Å². The van der Waals surface area contributed by atoms with Crippen LogP contribution in [-0.2, 0) is 0 Å². The van der Waals surface area contributed by atoms with E-state index in [9.17, 15) is 0 Å². The molecule has 1 aromatic carbocycles. The van der Waals surface area contributed by atoms with Crippen LogP contribution >= 0.6 is 27.5 Å². The molecule has 0 spiro atoms. The number of anilines is 1. The summed E-state index contributed by atoms with van der Waals surface area (Å²) in [5.74, 6) is 0.715. The van der Waals surface area contributed by atoms with Gasteiger partial charge in [0.05, 0.1) is 5.02 Å². The normalized spacial score (nSPS) is 11.0. The Morgan fingerprint density at radius 1 is 1.17 bits per heavy atom. The molecule has 0 radical (unpaired) electrons. The van der Waals surface area contributed by atoms with Gasteiger partial charge in [0, 0.05) is 21.9 Å². The summed E-state index contributed by atoms with van der Waals surface area (Å²) in [4.78, 5) is 0. The Kier molecular flexibility index (Phi) is 2.72. The number of fused-ring (bicyclic) bond motifs is 1. The van der Waals surface area contributed by atoms with E-state index in [1.165, 1.54) is 0 Å². The lowest BCUT2D eigenvalue weighted by Crippen LogP contribution is -1.93. The maximum absolute atomic E-state index is 6.08. The first-order chi connectivity index (χ1) is 8.65. The molecule has 3 rings (SSSR count). The molecule has 0 atom stereocenters. The van der Waals surface area contributed by atoms with Gasteiger partial charge < -0.3 is 5.73 Å². The Morgan fingerprint density at radius 2 is 2.00 bits per heavy atom. The highest BCUT2D eigenvalue weighted by Crippen LogP contribution is 2.28. The molecule has 4 nitrogen and oxygen atoms in total. The number of hydrogen-bond acceptors (Lipinski definition) is 3. The number of pyridine rings is 1. The van der Waals surface area contributed by atoms with Gasteiger partial charge in [-0.25, -0.2) is 0 Å². The van der Waals surface area contributed by atoms with Gasteiger partial charge >= 0.3 is 0 Å². The quantitative estimate of drug-likeness (QED) is 0.747. The van der Waals surface area contributed by atoms with Crippen LogP contribution in [0.25, 0.3) is 17.0 Å². The lowest BCUT2D eigenvalue weighted by atomic mass is 10.2. The van der Waals surface area contributed by atoms with Gasteiger partial charge in [0.2, 0.25) is 0 Å². The first kappa shape index (κ1) is 11.5. The number of rotatable bonds is 1. The fourth-order valence-electron chi connectivity index (χ4n) is 1.74. The minimum absolute atomic E-state index is 0.633. The number of aromatic nitrogens is 3. The predicted octanol–water partition coefficient (Wildman–Crippen LogP) is 3.39. The summed E-state index contributed by atoms with van der Waals surface area (Å²) in [5.41, 5.74) is 8.07. The minimum atomic E-state index is 0.633. The minimum Gasteiger partial charge on any atom is -0.398 e. The van der Waals surface area contributed by atoms with Crippen LogP contribution in [0.5, 0.6) is 0 Å². The van der Waals surface area contributed by atoms with Gasteiger partial charge in [-0.3, -0.25) is 4.40 Å². The fraction of sp³-hybridized carbons (Fsp3) is 0. The number of nitrogen functional groups attached to an aromatic ring is 1. The van der Waals surface area contributed by atoms with Gasteiger partial charge in [0.1, 0.15) is 0 Å². The monoisotopic (exact) mass is 322 g/mol. The molecule has 18 heavy (non-hydrogen) atoms. The topological polar surface area (TPSA) is 56.2 Å². The van der Waals surface area contributed by atoms with E-state index in [0.717, 1.165) is 15.7 Å². The first-order valence-corrected chi connectivity index (χ1v) is 6.38. The van der Waals surface area contributed by atoms with Crippen LogP contribution in [0.1, 0.15) is 0 Å². The average molecular weight is 324 g/mol. The molecule has 2 aromatic heterocycles. The summed E-state index contributed by atoms with van der Waals surface area (Å²) in [5, 5.41) is 8.88. The summed E-state index contributed by atoms with van der Waals surface area (Å²) in [6.07, 6.45) is 1.79. The Labute approximate surface area is 117 Å². The lowest BCUT2D eigenvalue weighted by molar-refractivity contribution is 1.11. The SMILES string of the molecule is Nc1ccc2nnc(-c3ccc(Br)c(Cl)c3)n2c1. The van der Waals surface area contributed by atoms with E-state index < -0.39 is 0 Å². The van der Waals surface area contributed by atoms with Crippen molar-refractivity contribution in [2.75, 3.05) is 5.73 Å². The van der Waals surface area contributed by atoms with E-state index in [1.54, 1.807) is 12.3 Å². The second-order valence-corrected chi connectivity index (χ2v) is 5.10. The van der Waals surface area contributed by atoms with Crippen LogP contribution in [0, 0.1) is 0 Å². The molecule has 6 heteroatoms. The highest BCUT2D eigenvalue weighted by atomic mass is 79.9. The molecule has 0 saturated heterocycles. The van der Waals surface area contributed by atoms with Gasteiger partial charge in [0.25, 0.3) is 0 Å². The van der Waals surface area contributed by atoms with Crippen molar-refractivity contribution >= 4 is 38.9 Å². The average Bonchev–Trinajstić information content (AvgIpc) is 2.75. The van der Waals surface area contributed by atoms with E-state index >= 15 is 0 Å². The lowest BCUT2D eigenvalue weighted by Gasteiger charge is -2.02. The van der Waals surface area contributed by atoms with Crippen molar-refractivity contribution in [3.05, 3.63) is 46.0 Å². The Morgan fingerprint density at radius 3 is 2.78 bits per heavy atom. The molecule has 0 aliphatic heterocycles. The number of benzene rings is 1. The van der Waals surface area contributed by atoms with E-state index in [2.05, 4.69) is 26.1 Å². The third-order valence-corrected chi connectivity index (χ3v) is 3.84. The van der Waals surface area contributed by atoms with Crippen molar-refractivity contribution in [3.63, 3.8) is 0 Å². The molecule has 0 aliphatic carbocycles. The maximum Gasteiger partial charge on any atom is 0.168 e. The highest BCUT2D eigenvalue weighted by Gasteiger charge is 2.09. The van der Waals surface area contributed by atoms with Crippen LogP contribution in [0.4, 0.5) is 5.69 Å². The molecule has 0 aliphatic rings. The number of hydrogen-bond donors (Lipinski definition) is 1. The molecule has 0 unspecified atom stereocenters. The summed E-state index contributed by atoms with van der Waals surface area (Å²) >= 11 is 9.44.